The molecule has 2 heterocycles. The Hall–Kier alpha value is -0.160. The summed E-state index contributed by atoms with van der Waals surface area (Å²) in [6, 6.07) is 0. The van der Waals surface area contributed by atoms with Gasteiger partial charge in [0, 0.05) is 26.2 Å². The number of aliphatic hydroxyl groups excluding tert-OH is 1. The lowest BCUT2D eigenvalue weighted by Gasteiger charge is -2.36. The minimum Gasteiger partial charge on any atom is -0.390 e. The molecule has 0 saturated carbocycles. The van der Waals surface area contributed by atoms with Gasteiger partial charge in [-0.1, -0.05) is 6.92 Å². The molecule has 2 rings (SSSR count). The van der Waals surface area contributed by atoms with Crippen LogP contribution in [-0.4, -0.2) is 73.0 Å². The molecule has 0 aliphatic carbocycles. The quantitative estimate of drug-likeness (QED) is 0.803. The van der Waals surface area contributed by atoms with Crippen LogP contribution < -0.4 is 0 Å². The van der Waals surface area contributed by atoms with E-state index in [0.29, 0.717) is 6.10 Å². The Bertz CT molecular complexity index is 265. The molecule has 2 atom stereocenters. The zero-order valence-corrected chi connectivity index (χ0v) is 13.3. The summed E-state index contributed by atoms with van der Waals surface area (Å²) in [5.41, 5.74) is 0. The van der Waals surface area contributed by atoms with Crippen LogP contribution in [0.3, 0.4) is 0 Å². The number of hydrogen-bond donors (Lipinski definition) is 1. The van der Waals surface area contributed by atoms with E-state index in [1.165, 1.54) is 25.7 Å². The highest BCUT2D eigenvalue weighted by Gasteiger charge is 2.23. The second-order valence-corrected chi connectivity index (χ2v) is 6.62. The van der Waals surface area contributed by atoms with E-state index in [4.69, 9.17) is 4.74 Å². The number of piperidine rings is 2. The fraction of sp³-hybridized carbons (Fsp3) is 1.00. The molecule has 2 aliphatic rings. The fourth-order valence-corrected chi connectivity index (χ4v) is 3.45. The molecule has 20 heavy (non-hydrogen) atoms. The molecule has 0 aromatic rings. The number of ether oxygens (including phenoxy) is 1. The maximum Gasteiger partial charge on any atom is 0.0793 e. The van der Waals surface area contributed by atoms with Gasteiger partial charge in [0.25, 0.3) is 0 Å². The van der Waals surface area contributed by atoms with Crippen molar-refractivity contribution in [2.75, 3.05) is 45.9 Å². The van der Waals surface area contributed by atoms with E-state index in [1.54, 1.807) is 0 Å². The second-order valence-electron chi connectivity index (χ2n) is 6.62. The van der Waals surface area contributed by atoms with E-state index in [1.807, 2.05) is 0 Å². The van der Waals surface area contributed by atoms with Crippen molar-refractivity contribution in [1.29, 1.82) is 0 Å². The van der Waals surface area contributed by atoms with Crippen LogP contribution in [0.1, 0.15) is 39.5 Å². The number of hydrogen-bond acceptors (Lipinski definition) is 4. The Morgan fingerprint density at radius 1 is 1.10 bits per heavy atom. The van der Waals surface area contributed by atoms with E-state index in [9.17, 15) is 5.11 Å². The molecule has 118 valence electrons. The molecule has 0 bridgehead atoms. The molecule has 0 aromatic carbocycles. The third-order valence-electron chi connectivity index (χ3n) is 4.68. The predicted octanol–water partition coefficient (Wildman–Crippen LogP) is 1.58. The third-order valence-corrected chi connectivity index (χ3v) is 4.68. The van der Waals surface area contributed by atoms with Crippen molar-refractivity contribution in [3.05, 3.63) is 0 Å². The van der Waals surface area contributed by atoms with Gasteiger partial charge in [0.15, 0.2) is 0 Å². The molecule has 4 heteroatoms. The molecular formula is C16H32N2O2. The first-order chi connectivity index (χ1) is 9.67. The van der Waals surface area contributed by atoms with Crippen LogP contribution >= 0.6 is 0 Å². The van der Waals surface area contributed by atoms with Crippen molar-refractivity contribution in [3.8, 4) is 0 Å². The van der Waals surface area contributed by atoms with E-state index in [0.717, 1.165) is 51.8 Å². The molecule has 1 N–H and O–H groups in total. The van der Waals surface area contributed by atoms with Gasteiger partial charge >= 0.3 is 0 Å². The molecular weight excluding hydrogens is 252 g/mol. The van der Waals surface area contributed by atoms with Gasteiger partial charge in [-0.2, -0.15) is 0 Å². The second kappa shape index (κ2) is 8.32. The van der Waals surface area contributed by atoms with Crippen LogP contribution in [0.25, 0.3) is 0 Å². The Labute approximate surface area is 124 Å². The summed E-state index contributed by atoms with van der Waals surface area (Å²) in [5.74, 6) is 0.859. The number of nitrogens with zero attached hydrogens (tertiary/aromatic N) is 2. The van der Waals surface area contributed by atoms with Crippen molar-refractivity contribution >= 4 is 0 Å². The van der Waals surface area contributed by atoms with Crippen LogP contribution in [0.5, 0.6) is 0 Å². The lowest BCUT2D eigenvalue weighted by atomic mass is 9.99. The van der Waals surface area contributed by atoms with Crippen LogP contribution in [0, 0.1) is 5.92 Å². The first kappa shape index (κ1) is 16.2. The Morgan fingerprint density at radius 2 is 1.80 bits per heavy atom. The van der Waals surface area contributed by atoms with Crippen LogP contribution in [0.15, 0.2) is 0 Å². The first-order valence-corrected chi connectivity index (χ1v) is 8.41. The zero-order chi connectivity index (χ0) is 14.4. The lowest BCUT2D eigenvalue weighted by molar-refractivity contribution is -0.0122. The molecule has 0 radical (unpaired) electrons. The monoisotopic (exact) mass is 284 g/mol. The highest BCUT2D eigenvalue weighted by Crippen LogP contribution is 2.17. The molecule has 2 aliphatic heterocycles. The maximum atomic E-state index is 10.3. The summed E-state index contributed by atoms with van der Waals surface area (Å²) in [4.78, 5) is 4.80. The van der Waals surface area contributed by atoms with Crippen molar-refractivity contribution < 1.29 is 9.84 Å². The summed E-state index contributed by atoms with van der Waals surface area (Å²) in [7, 11) is 0. The van der Waals surface area contributed by atoms with Crippen molar-refractivity contribution in [3.63, 3.8) is 0 Å². The maximum absolute atomic E-state index is 10.3. The predicted molar refractivity (Wildman–Crippen MR) is 81.9 cm³/mol. The van der Waals surface area contributed by atoms with Crippen molar-refractivity contribution in [2.45, 2.75) is 51.7 Å². The smallest absolute Gasteiger partial charge is 0.0793 e. The van der Waals surface area contributed by atoms with Gasteiger partial charge in [-0.15, -0.1) is 0 Å². The van der Waals surface area contributed by atoms with Gasteiger partial charge in [0.1, 0.15) is 0 Å². The SMILES string of the molecule is CCOC1CCCN(CC(O)CN2CCC(C)CC2)C1. The lowest BCUT2D eigenvalue weighted by Crippen LogP contribution is -2.47. The number of rotatable bonds is 6. The van der Waals surface area contributed by atoms with E-state index < -0.39 is 0 Å². The first-order valence-electron chi connectivity index (χ1n) is 8.41. The highest BCUT2D eigenvalue weighted by atomic mass is 16.5. The number of aliphatic hydroxyl groups is 1. The summed E-state index contributed by atoms with van der Waals surface area (Å²) >= 11 is 0. The zero-order valence-electron chi connectivity index (χ0n) is 13.3. The highest BCUT2D eigenvalue weighted by molar-refractivity contribution is 4.78. The third kappa shape index (κ3) is 5.32. The summed E-state index contributed by atoms with van der Waals surface area (Å²) in [5, 5.41) is 10.3. The van der Waals surface area contributed by atoms with Crippen LogP contribution in [0.2, 0.25) is 0 Å². The summed E-state index contributed by atoms with van der Waals surface area (Å²) in [6.07, 6.45) is 5.08. The molecule has 0 spiro atoms. The Kier molecular flexibility index (Phi) is 6.75. The standard InChI is InChI=1S/C16H32N2O2/c1-3-20-16-5-4-8-18(13-16)12-15(19)11-17-9-6-14(2)7-10-17/h14-16,19H,3-13H2,1-2H3. The topological polar surface area (TPSA) is 35.9 Å². The van der Waals surface area contributed by atoms with Gasteiger partial charge in [0.05, 0.1) is 12.2 Å². The molecule has 2 unspecified atom stereocenters. The average molecular weight is 284 g/mol. The minimum atomic E-state index is -0.219. The van der Waals surface area contributed by atoms with Crippen molar-refractivity contribution in [2.24, 2.45) is 5.92 Å². The van der Waals surface area contributed by atoms with Gasteiger partial charge in [0.2, 0.25) is 0 Å². The summed E-state index contributed by atoms with van der Waals surface area (Å²) < 4.78 is 5.72. The van der Waals surface area contributed by atoms with E-state index in [2.05, 4.69) is 23.6 Å². The molecule has 2 fully saturated rings. The van der Waals surface area contributed by atoms with Crippen molar-refractivity contribution in [1.82, 2.24) is 9.80 Å². The van der Waals surface area contributed by atoms with Crippen LogP contribution in [0.4, 0.5) is 0 Å². The molecule has 2 saturated heterocycles. The molecule has 0 amide bonds. The molecule has 0 aromatic heterocycles. The number of likely N-dealkylation sites (tertiary alicyclic amines) is 2. The molecule has 4 nitrogen and oxygen atoms in total. The largest absolute Gasteiger partial charge is 0.390 e. The number of β-amino-alcohol motifs (C(OH)–C–C–N with tert-alkyl or cyclic N) is 1. The summed E-state index contributed by atoms with van der Waals surface area (Å²) in [6.45, 7) is 11.2. The van der Waals surface area contributed by atoms with E-state index >= 15 is 0 Å². The van der Waals surface area contributed by atoms with Gasteiger partial charge in [-0.3, -0.25) is 4.90 Å². The van der Waals surface area contributed by atoms with Gasteiger partial charge < -0.3 is 14.7 Å². The normalized spacial score (nSPS) is 28.6. The minimum absolute atomic E-state index is 0.219. The average Bonchev–Trinajstić information content (AvgIpc) is 2.42. The Balaban J connectivity index is 1.67. The van der Waals surface area contributed by atoms with Gasteiger partial charge in [-0.05, 0) is 58.2 Å². The Morgan fingerprint density at radius 3 is 2.50 bits per heavy atom. The van der Waals surface area contributed by atoms with Gasteiger partial charge in [-0.25, -0.2) is 0 Å². The van der Waals surface area contributed by atoms with E-state index in [-0.39, 0.29) is 6.10 Å². The van der Waals surface area contributed by atoms with Crippen LogP contribution in [-0.2, 0) is 4.74 Å². The fourth-order valence-electron chi connectivity index (χ4n) is 3.45.